The first kappa shape index (κ1) is 20.0. The summed E-state index contributed by atoms with van der Waals surface area (Å²) in [6, 6.07) is 5.29. The van der Waals surface area contributed by atoms with Crippen LogP contribution in [0.25, 0.3) is 0 Å². The van der Waals surface area contributed by atoms with Gasteiger partial charge in [-0.05, 0) is 31.0 Å². The molecule has 1 fully saturated rings. The molecular formula is C19H28N2O5. The van der Waals surface area contributed by atoms with Crippen LogP contribution in [0.4, 0.5) is 0 Å². The van der Waals surface area contributed by atoms with E-state index in [1.54, 1.807) is 23.1 Å². The lowest BCUT2D eigenvalue weighted by Crippen LogP contribution is -2.47. The summed E-state index contributed by atoms with van der Waals surface area (Å²) in [6.45, 7) is 7.68. The smallest absolute Gasteiger partial charge is 0.310 e. The number of nitrogens with one attached hydrogen (secondary N) is 1. The first-order valence-corrected chi connectivity index (χ1v) is 9.16. The van der Waals surface area contributed by atoms with Crippen LogP contribution in [-0.2, 0) is 20.7 Å². The molecule has 0 bridgehead atoms. The van der Waals surface area contributed by atoms with E-state index in [0.717, 1.165) is 25.1 Å². The maximum Gasteiger partial charge on any atom is 0.310 e. The molecule has 2 rings (SSSR count). The Morgan fingerprint density at radius 2 is 1.88 bits per heavy atom. The van der Waals surface area contributed by atoms with Crippen molar-refractivity contribution in [2.24, 2.45) is 0 Å². The summed E-state index contributed by atoms with van der Waals surface area (Å²) < 4.78 is 16.4. The molecule has 0 unspecified atom stereocenters. The molecule has 7 nitrogen and oxygen atoms in total. The van der Waals surface area contributed by atoms with Crippen LogP contribution < -0.4 is 14.8 Å². The van der Waals surface area contributed by atoms with Crippen LogP contribution in [0.5, 0.6) is 11.5 Å². The molecule has 1 N–H and O–H groups in total. The van der Waals surface area contributed by atoms with Gasteiger partial charge >= 0.3 is 5.97 Å². The van der Waals surface area contributed by atoms with Crippen molar-refractivity contribution in [1.29, 1.82) is 0 Å². The van der Waals surface area contributed by atoms with Gasteiger partial charge in [-0.1, -0.05) is 13.0 Å². The summed E-state index contributed by atoms with van der Waals surface area (Å²) in [7, 11) is 0. The molecule has 0 atom stereocenters. The van der Waals surface area contributed by atoms with Gasteiger partial charge in [-0.2, -0.15) is 0 Å². The van der Waals surface area contributed by atoms with Crippen LogP contribution in [0.15, 0.2) is 18.2 Å². The second-order valence-corrected chi connectivity index (χ2v) is 6.03. The number of carbonyl (C=O) groups is 2. The average molecular weight is 364 g/mol. The highest BCUT2D eigenvalue weighted by Crippen LogP contribution is 2.29. The molecule has 0 aromatic heterocycles. The Morgan fingerprint density at radius 3 is 2.58 bits per heavy atom. The zero-order valence-electron chi connectivity index (χ0n) is 15.6. The number of hydrogen-bond donors (Lipinski definition) is 1. The van der Waals surface area contributed by atoms with Gasteiger partial charge in [0.15, 0.2) is 18.1 Å². The number of nitrogens with zero attached hydrogens (tertiary/aromatic N) is 1. The number of benzene rings is 1. The molecule has 144 valence electrons. The molecule has 7 heteroatoms. The zero-order chi connectivity index (χ0) is 18.8. The number of esters is 1. The Balaban J connectivity index is 1.96. The quantitative estimate of drug-likeness (QED) is 0.668. The molecular weight excluding hydrogens is 336 g/mol. The number of rotatable bonds is 9. The molecule has 0 aliphatic carbocycles. The Labute approximate surface area is 154 Å². The van der Waals surface area contributed by atoms with E-state index < -0.39 is 0 Å². The van der Waals surface area contributed by atoms with Crippen LogP contribution in [0, 0.1) is 0 Å². The SMILES string of the molecule is CCCOC(=O)Cc1ccc(OCC(=O)N2CCNCC2)c(OCC)c1. The predicted molar refractivity (Wildman–Crippen MR) is 97.5 cm³/mol. The fourth-order valence-corrected chi connectivity index (χ4v) is 2.63. The molecule has 1 saturated heterocycles. The van der Waals surface area contributed by atoms with Gasteiger partial charge in [0.05, 0.1) is 19.6 Å². The third kappa shape index (κ3) is 6.22. The fourth-order valence-electron chi connectivity index (χ4n) is 2.63. The molecule has 1 aromatic rings. The summed E-state index contributed by atoms with van der Waals surface area (Å²) in [5, 5.41) is 3.21. The van der Waals surface area contributed by atoms with Crippen LogP contribution in [0.3, 0.4) is 0 Å². The highest BCUT2D eigenvalue weighted by molar-refractivity contribution is 5.78. The van der Waals surface area contributed by atoms with Gasteiger partial charge in [-0.15, -0.1) is 0 Å². The summed E-state index contributed by atoms with van der Waals surface area (Å²) in [5.74, 6) is 0.723. The monoisotopic (exact) mass is 364 g/mol. The minimum absolute atomic E-state index is 0.0298. The average Bonchev–Trinajstić information content (AvgIpc) is 2.66. The second-order valence-electron chi connectivity index (χ2n) is 6.03. The zero-order valence-corrected chi connectivity index (χ0v) is 15.6. The van der Waals surface area contributed by atoms with Gasteiger partial charge < -0.3 is 24.4 Å². The van der Waals surface area contributed by atoms with E-state index in [2.05, 4.69) is 5.32 Å². The lowest BCUT2D eigenvalue weighted by atomic mass is 10.1. The third-order valence-electron chi connectivity index (χ3n) is 3.94. The van der Waals surface area contributed by atoms with E-state index in [1.807, 2.05) is 13.8 Å². The molecule has 0 radical (unpaired) electrons. The lowest BCUT2D eigenvalue weighted by molar-refractivity contribution is -0.142. The van der Waals surface area contributed by atoms with Crippen LogP contribution in [-0.4, -0.2) is 62.8 Å². The van der Waals surface area contributed by atoms with E-state index in [-0.39, 0.29) is 24.9 Å². The maximum atomic E-state index is 12.2. The minimum atomic E-state index is -0.267. The first-order chi connectivity index (χ1) is 12.6. The Hall–Kier alpha value is -2.28. The van der Waals surface area contributed by atoms with Crippen LogP contribution in [0.2, 0.25) is 0 Å². The minimum Gasteiger partial charge on any atom is -0.490 e. The highest BCUT2D eigenvalue weighted by atomic mass is 16.5. The van der Waals surface area contributed by atoms with E-state index in [4.69, 9.17) is 14.2 Å². The predicted octanol–water partition coefficient (Wildman–Crippen LogP) is 1.39. The molecule has 1 aliphatic rings. The van der Waals surface area contributed by atoms with Gasteiger partial charge in [0, 0.05) is 26.2 Å². The van der Waals surface area contributed by atoms with E-state index in [9.17, 15) is 9.59 Å². The molecule has 1 amide bonds. The standard InChI is InChI=1S/C19H28N2O5/c1-3-11-25-19(23)13-15-5-6-16(17(12-15)24-4-2)26-14-18(22)21-9-7-20-8-10-21/h5-6,12,20H,3-4,7-11,13-14H2,1-2H3. The summed E-state index contributed by atoms with van der Waals surface area (Å²) in [4.78, 5) is 25.8. The van der Waals surface area contributed by atoms with Crippen LogP contribution in [0.1, 0.15) is 25.8 Å². The fraction of sp³-hybridized carbons (Fsp3) is 0.579. The van der Waals surface area contributed by atoms with Crippen molar-refractivity contribution in [3.05, 3.63) is 23.8 Å². The second kappa shape index (κ2) is 10.7. The van der Waals surface area contributed by atoms with Crippen molar-refractivity contribution in [3.63, 3.8) is 0 Å². The van der Waals surface area contributed by atoms with Crippen molar-refractivity contribution >= 4 is 11.9 Å². The van der Waals surface area contributed by atoms with Gasteiger partial charge in [0.1, 0.15) is 0 Å². The lowest BCUT2D eigenvalue weighted by Gasteiger charge is -2.27. The summed E-state index contributed by atoms with van der Waals surface area (Å²) in [5.41, 5.74) is 0.787. The van der Waals surface area contributed by atoms with E-state index in [0.29, 0.717) is 37.8 Å². The molecule has 0 saturated carbocycles. The van der Waals surface area contributed by atoms with Crippen molar-refractivity contribution < 1.29 is 23.8 Å². The Bertz CT molecular complexity index is 600. The maximum absolute atomic E-state index is 12.2. The van der Waals surface area contributed by atoms with Crippen molar-refractivity contribution in [1.82, 2.24) is 10.2 Å². The number of hydrogen-bond acceptors (Lipinski definition) is 6. The first-order valence-electron chi connectivity index (χ1n) is 9.16. The van der Waals surface area contributed by atoms with Gasteiger partial charge in [0.2, 0.25) is 0 Å². The van der Waals surface area contributed by atoms with Crippen LogP contribution >= 0.6 is 0 Å². The molecule has 1 aromatic carbocycles. The highest BCUT2D eigenvalue weighted by Gasteiger charge is 2.18. The van der Waals surface area contributed by atoms with Crippen molar-refractivity contribution in [3.8, 4) is 11.5 Å². The summed E-state index contributed by atoms with van der Waals surface area (Å²) in [6.07, 6.45) is 0.976. The van der Waals surface area contributed by atoms with E-state index in [1.165, 1.54) is 0 Å². The third-order valence-corrected chi connectivity index (χ3v) is 3.94. The Morgan fingerprint density at radius 1 is 1.12 bits per heavy atom. The van der Waals surface area contributed by atoms with Crippen molar-refractivity contribution in [2.75, 3.05) is 46.0 Å². The Kier molecular flexibility index (Phi) is 8.21. The van der Waals surface area contributed by atoms with E-state index >= 15 is 0 Å². The van der Waals surface area contributed by atoms with Gasteiger partial charge in [-0.3, -0.25) is 9.59 Å². The summed E-state index contributed by atoms with van der Waals surface area (Å²) >= 11 is 0. The molecule has 26 heavy (non-hydrogen) atoms. The van der Waals surface area contributed by atoms with Gasteiger partial charge in [0.25, 0.3) is 5.91 Å². The van der Waals surface area contributed by atoms with Gasteiger partial charge in [-0.25, -0.2) is 0 Å². The molecule has 0 spiro atoms. The molecule has 1 heterocycles. The number of ether oxygens (including phenoxy) is 3. The number of piperazine rings is 1. The normalized spacial score (nSPS) is 14.0. The molecule has 1 aliphatic heterocycles. The topological polar surface area (TPSA) is 77.1 Å². The number of carbonyl (C=O) groups excluding carboxylic acids is 2. The number of amides is 1. The largest absolute Gasteiger partial charge is 0.490 e. The van der Waals surface area contributed by atoms with Crippen molar-refractivity contribution in [2.45, 2.75) is 26.7 Å².